The molecule has 2 aromatic rings. The Labute approximate surface area is 107 Å². The van der Waals surface area contributed by atoms with Gasteiger partial charge in [0.05, 0.1) is 6.54 Å². The van der Waals surface area contributed by atoms with Gasteiger partial charge in [-0.1, -0.05) is 12.1 Å². The van der Waals surface area contributed by atoms with E-state index in [9.17, 15) is 0 Å². The molecule has 0 amide bonds. The van der Waals surface area contributed by atoms with Crippen LogP contribution in [0.2, 0.25) is 0 Å². The number of fused-ring (bicyclic) bond motifs is 1. The van der Waals surface area contributed by atoms with Gasteiger partial charge in [0.25, 0.3) is 0 Å². The number of nitrogens with zero attached hydrogens (tertiary/aromatic N) is 3. The summed E-state index contributed by atoms with van der Waals surface area (Å²) in [6, 6.07) is 6.56. The average molecular weight is 242 g/mol. The van der Waals surface area contributed by atoms with Crippen LogP contribution < -0.4 is 5.32 Å². The molecule has 1 heterocycles. The van der Waals surface area contributed by atoms with Crippen LogP contribution in [-0.4, -0.2) is 14.8 Å². The molecule has 0 radical (unpaired) electrons. The van der Waals surface area contributed by atoms with Gasteiger partial charge in [-0.25, -0.2) is 0 Å². The highest BCUT2D eigenvalue weighted by Gasteiger charge is 2.12. The first-order chi connectivity index (χ1) is 8.84. The SMILES string of the molecule is Cn1cnnc1CNc1cccc2c1CCCC2. The molecule has 1 aliphatic carbocycles. The van der Waals surface area contributed by atoms with Crippen molar-refractivity contribution in [3.05, 3.63) is 41.5 Å². The smallest absolute Gasteiger partial charge is 0.151 e. The van der Waals surface area contributed by atoms with Crippen LogP contribution >= 0.6 is 0 Å². The van der Waals surface area contributed by atoms with Gasteiger partial charge in [0.1, 0.15) is 6.33 Å². The molecule has 0 fully saturated rings. The van der Waals surface area contributed by atoms with Gasteiger partial charge < -0.3 is 9.88 Å². The summed E-state index contributed by atoms with van der Waals surface area (Å²) >= 11 is 0. The van der Waals surface area contributed by atoms with Gasteiger partial charge in [0.15, 0.2) is 5.82 Å². The first kappa shape index (κ1) is 11.3. The molecular weight excluding hydrogens is 224 g/mol. The zero-order chi connectivity index (χ0) is 12.4. The van der Waals surface area contributed by atoms with Gasteiger partial charge in [-0.15, -0.1) is 10.2 Å². The fourth-order valence-electron chi connectivity index (χ4n) is 2.59. The standard InChI is InChI=1S/C14H18N4/c1-18-10-16-17-14(18)9-15-13-8-4-6-11-5-2-3-7-12(11)13/h4,6,8,10,15H,2-3,5,7,9H2,1H3. The lowest BCUT2D eigenvalue weighted by Gasteiger charge is -2.19. The van der Waals surface area contributed by atoms with Gasteiger partial charge in [-0.2, -0.15) is 0 Å². The van der Waals surface area contributed by atoms with Gasteiger partial charge >= 0.3 is 0 Å². The van der Waals surface area contributed by atoms with E-state index in [1.165, 1.54) is 42.5 Å². The summed E-state index contributed by atoms with van der Waals surface area (Å²) < 4.78 is 1.95. The molecular formula is C14H18N4. The molecule has 1 aromatic carbocycles. The quantitative estimate of drug-likeness (QED) is 0.898. The van der Waals surface area contributed by atoms with Crippen molar-refractivity contribution in [2.24, 2.45) is 7.05 Å². The summed E-state index contributed by atoms with van der Waals surface area (Å²) in [7, 11) is 1.97. The number of hydrogen-bond acceptors (Lipinski definition) is 3. The number of rotatable bonds is 3. The fourth-order valence-corrected chi connectivity index (χ4v) is 2.59. The molecule has 0 aliphatic heterocycles. The van der Waals surface area contributed by atoms with E-state index in [2.05, 4.69) is 33.7 Å². The molecule has 0 bridgehead atoms. The second kappa shape index (κ2) is 4.80. The topological polar surface area (TPSA) is 42.7 Å². The third-order valence-electron chi connectivity index (χ3n) is 3.64. The van der Waals surface area contributed by atoms with Crippen LogP contribution in [0.4, 0.5) is 5.69 Å². The van der Waals surface area contributed by atoms with Gasteiger partial charge in [0, 0.05) is 12.7 Å². The maximum Gasteiger partial charge on any atom is 0.151 e. The summed E-state index contributed by atoms with van der Waals surface area (Å²) in [6.07, 6.45) is 6.76. The van der Waals surface area contributed by atoms with Crippen LogP contribution in [0.1, 0.15) is 29.8 Å². The minimum absolute atomic E-state index is 0.729. The molecule has 0 spiro atoms. The third kappa shape index (κ3) is 2.10. The van der Waals surface area contributed by atoms with Crippen molar-refractivity contribution in [2.75, 3.05) is 5.32 Å². The molecule has 4 nitrogen and oxygen atoms in total. The number of anilines is 1. The van der Waals surface area contributed by atoms with Crippen molar-refractivity contribution in [1.82, 2.24) is 14.8 Å². The van der Waals surface area contributed by atoms with Crippen LogP contribution in [0.25, 0.3) is 0 Å². The summed E-state index contributed by atoms with van der Waals surface area (Å²) in [4.78, 5) is 0. The maximum atomic E-state index is 4.09. The zero-order valence-corrected chi connectivity index (χ0v) is 10.7. The number of aromatic nitrogens is 3. The normalized spacial score (nSPS) is 14.3. The number of hydrogen-bond donors (Lipinski definition) is 1. The average Bonchev–Trinajstić information content (AvgIpc) is 2.82. The summed E-state index contributed by atoms with van der Waals surface area (Å²) in [6.45, 7) is 0.729. The van der Waals surface area contributed by atoms with Crippen LogP contribution in [-0.2, 0) is 26.4 Å². The maximum absolute atomic E-state index is 4.09. The zero-order valence-electron chi connectivity index (χ0n) is 10.7. The highest BCUT2D eigenvalue weighted by molar-refractivity contribution is 5.55. The number of aryl methyl sites for hydroxylation is 2. The lowest BCUT2D eigenvalue weighted by Crippen LogP contribution is -2.10. The molecule has 18 heavy (non-hydrogen) atoms. The molecule has 0 saturated carbocycles. The Hall–Kier alpha value is -1.84. The second-order valence-corrected chi connectivity index (χ2v) is 4.86. The summed E-state index contributed by atoms with van der Waals surface area (Å²) in [5, 5.41) is 11.5. The van der Waals surface area contributed by atoms with E-state index in [1.807, 2.05) is 11.6 Å². The van der Waals surface area contributed by atoms with E-state index in [0.29, 0.717) is 0 Å². The van der Waals surface area contributed by atoms with E-state index < -0.39 is 0 Å². The van der Waals surface area contributed by atoms with Crippen molar-refractivity contribution in [3.63, 3.8) is 0 Å². The lowest BCUT2D eigenvalue weighted by molar-refractivity contribution is 0.685. The molecule has 1 aromatic heterocycles. The van der Waals surface area contributed by atoms with Gasteiger partial charge in [-0.3, -0.25) is 0 Å². The first-order valence-electron chi connectivity index (χ1n) is 6.52. The van der Waals surface area contributed by atoms with Crippen molar-refractivity contribution in [3.8, 4) is 0 Å². The van der Waals surface area contributed by atoms with Crippen molar-refractivity contribution in [1.29, 1.82) is 0 Å². The Kier molecular flexibility index (Phi) is 3.00. The van der Waals surface area contributed by atoms with E-state index in [0.717, 1.165) is 12.4 Å². The monoisotopic (exact) mass is 242 g/mol. The van der Waals surface area contributed by atoms with E-state index in [4.69, 9.17) is 0 Å². The molecule has 94 valence electrons. The molecule has 3 rings (SSSR count). The van der Waals surface area contributed by atoms with E-state index >= 15 is 0 Å². The molecule has 1 aliphatic rings. The molecule has 4 heteroatoms. The summed E-state index contributed by atoms with van der Waals surface area (Å²) in [5.74, 6) is 0.961. The highest BCUT2D eigenvalue weighted by Crippen LogP contribution is 2.27. The Morgan fingerprint density at radius 2 is 2.17 bits per heavy atom. The van der Waals surface area contributed by atoms with Gasteiger partial charge in [-0.05, 0) is 42.9 Å². The lowest BCUT2D eigenvalue weighted by atomic mass is 9.90. The Morgan fingerprint density at radius 3 is 3.00 bits per heavy atom. The minimum Gasteiger partial charge on any atom is -0.378 e. The molecule has 0 saturated heterocycles. The Bertz CT molecular complexity index is 544. The van der Waals surface area contributed by atoms with Gasteiger partial charge in [0.2, 0.25) is 0 Å². The number of nitrogens with one attached hydrogen (secondary N) is 1. The molecule has 0 unspecified atom stereocenters. The van der Waals surface area contributed by atoms with Crippen LogP contribution in [0.15, 0.2) is 24.5 Å². The predicted octanol–water partition coefficient (Wildman–Crippen LogP) is 2.31. The van der Waals surface area contributed by atoms with Crippen LogP contribution in [0.3, 0.4) is 0 Å². The number of benzene rings is 1. The molecule has 0 atom stereocenters. The van der Waals surface area contributed by atoms with Crippen molar-refractivity contribution in [2.45, 2.75) is 32.2 Å². The Balaban J connectivity index is 1.79. The molecule has 1 N–H and O–H groups in total. The first-order valence-corrected chi connectivity index (χ1v) is 6.52. The Morgan fingerprint density at radius 1 is 1.28 bits per heavy atom. The second-order valence-electron chi connectivity index (χ2n) is 4.86. The summed E-state index contributed by atoms with van der Waals surface area (Å²) in [5.41, 5.74) is 4.25. The van der Waals surface area contributed by atoms with E-state index in [1.54, 1.807) is 6.33 Å². The third-order valence-corrected chi connectivity index (χ3v) is 3.64. The van der Waals surface area contributed by atoms with Crippen LogP contribution in [0, 0.1) is 0 Å². The predicted molar refractivity (Wildman–Crippen MR) is 71.4 cm³/mol. The van der Waals surface area contributed by atoms with Crippen molar-refractivity contribution >= 4 is 5.69 Å². The van der Waals surface area contributed by atoms with Crippen LogP contribution in [0.5, 0.6) is 0 Å². The minimum atomic E-state index is 0.729. The fraction of sp³-hybridized carbons (Fsp3) is 0.429. The largest absolute Gasteiger partial charge is 0.378 e. The van der Waals surface area contributed by atoms with E-state index in [-0.39, 0.29) is 0 Å². The van der Waals surface area contributed by atoms with Crippen molar-refractivity contribution < 1.29 is 0 Å². The highest BCUT2D eigenvalue weighted by atomic mass is 15.3.